The molecule has 2 aromatic rings. The Morgan fingerprint density at radius 2 is 1.91 bits per heavy atom. The highest BCUT2D eigenvalue weighted by atomic mass is 16.2. The molecule has 11 heteroatoms. The van der Waals surface area contributed by atoms with Crippen molar-refractivity contribution in [2.45, 2.75) is 24.9 Å². The molecule has 2 saturated heterocycles. The maximum Gasteiger partial charge on any atom is 0.274 e. The minimum absolute atomic E-state index is 0.0262. The molecule has 11 nitrogen and oxygen atoms in total. The highest BCUT2D eigenvalue weighted by Crippen LogP contribution is 2.17. The van der Waals surface area contributed by atoms with Crippen LogP contribution in [-0.4, -0.2) is 86.6 Å². The van der Waals surface area contributed by atoms with Crippen molar-refractivity contribution in [3.8, 4) is 0 Å². The number of aromatic nitrogens is 3. The van der Waals surface area contributed by atoms with Gasteiger partial charge < -0.3 is 20.4 Å². The van der Waals surface area contributed by atoms with Gasteiger partial charge in [0.15, 0.2) is 0 Å². The summed E-state index contributed by atoms with van der Waals surface area (Å²) in [5.74, 6) is -1.48. The van der Waals surface area contributed by atoms with Crippen molar-refractivity contribution in [3.63, 3.8) is 0 Å². The SMILES string of the molecule is O=C(N[C@@H]1CCCNC1=O)[C@H]1CN(C(=O)c2cnccn2)CCN1C(=O)c1cccnc1. The summed E-state index contributed by atoms with van der Waals surface area (Å²) in [7, 11) is 0. The fraction of sp³-hybridized carbons (Fsp3) is 0.381. The molecule has 0 unspecified atom stereocenters. The summed E-state index contributed by atoms with van der Waals surface area (Å²) in [5, 5.41) is 5.47. The molecule has 4 rings (SSSR count). The van der Waals surface area contributed by atoms with Gasteiger partial charge in [0.05, 0.1) is 18.3 Å². The predicted molar refractivity (Wildman–Crippen MR) is 111 cm³/mol. The molecule has 2 fully saturated rings. The number of nitrogens with one attached hydrogen (secondary N) is 2. The summed E-state index contributed by atoms with van der Waals surface area (Å²) in [6.07, 6.45) is 8.49. The van der Waals surface area contributed by atoms with E-state index < -0.39 is 18.0 Å². The Morgan fingerprint density at radius 3 is 2.62 bits per heavy atom. The predicted octanol–water partition coefficient (Wildman–Crippen LogP) is -0.767. The van der Waals surface area contributed by atoms with Crippen LogP contribution in [0.3, 0.4) is 0 Å². The summed E-state index contributed by atoms with van der Waals surface area (Å²) in [5.41, 5.74) is 0.500. The van der Waals surface area contributed by atoms with Crippen molar-refractivity contribution in [2.24, 2.45) is 0 Å². The summed E-state index contributed by atoms with van der Waals surface area (Å²) < 4.78 is 0. The van der Waals surface area contributed by atoms with Crippen molar-refractivity contribution in [3.05, 3.63) is 54.4 Å². The summed E-state index contributed by atoms with van der Waals surface area (Å²) >= 11 is 0. The van der Waals surface area contributed by atoms with Gasteiger partial charge in [-0.15, -0.1) is 0 Å². The van der Waals surface area contributed by atoms with Gasteiger partial charge in [-0.1, -0.05) is 0 Å². The average molecular weight is 437 g/mol. The highest BCUT2D eigenvalue weighted by molar-refractivity contribution is 5.99. The number of carbonyl (C=O) groups is 4. The van der Waals surface area contributed by atoms with Crippen LogP contribution in [0.4, 0.5) is 0 Å². The van der Waals surface area contributed by atoms with E-state index in [1.807, 2.05) is 0 Å². The molecule has 4 heterocycles. The van der Waals surface area contributed by atoms with Crippen molar-refractivity contribution >= 4 is 23.6 Å². The zero-order chi connectivity index (χ0) is 22.5. The van der Waals surface area contributed by atoms with E-state index in [4.69, 9.17) is 0 Å². The Morgan fingerprint density at radius 1 is 1.06 bits per heavy atom. The summed E-state index contributed by atoms with van der Waals surface area (Å²) in [4.78, 5) is 66.1. The van der Waals surface area contributed by atoms with Crippen molar-refractivity contribution in [1.82, 2.24) is 35.4 Å². The Kier molecular flexibility index (Phi) is 6.34. The Hall–Kier alpha value is -3.89. The third-order valence-electron chi connectivity index (χ3n) is 5.52. The van der Waals surface area contributed by atoms with Gasteiger partial charge in [0.25, 0.3) is 11.8 Å². The number of pyridine rings is 1. The molecule has 32 heavy (non-hydrogen) atoms. The average Bonchev–Trinajstić information content (AvgIpc) is 2.85. The molecule has 0 saturated carbocycles. The third kappa shape index (κ3) is 4.56. The first-order valence-corrected chi connectivity index (χ1v) is 10.4. The van der Waals surface area contributed by atoms with Crippen LogP contribution >= 0.6 is 0 Å². The first kappa shape index (κ1) is 21.3. The van der Waals surface area contributed by atoms with Gasteiger partial charge in [0.2, 0.25) is 11.8 Å². The summed E-state index contributed by atoms with van der Waals surface area (Å²) in [6.45, 7) is 0.923. The second-order valence-corrected chi connectivity index (χ2v) is 7.59. The first-order chi connectivity index (χ1) is 15.5. The number of piperidine rings is 1. The lowest BCUT2D eigenvalue weighted by molar-refractivity contribution is -0.133. The van der Waals surface area contributed by atoms with Crippen LogP contribution in [-0.2, 0) is 9.59 Å². The molecule has 2 aliphatic rings. The quantitative estimate of drug-likeness (QED) is 0.641. The minimum atomic E-state index is -0.966. The number of piperazine rings is 1. The zero-order valence-electron chi connectivity index (χ0n) is 17.3. The van der Waals surface area contributed by atoms with Gasteiger partial charge in [-0.2, -0.15) is 0 Å². The maximum atomic E-state index is 13.2. The Labute approximate surface area is 184 Å². The van der Waals surface area contributed by atoms with Gasteiger partial charge in [-0.25, -0.2) is 4.98 Å². The van der Waals surface area contributed by atoms with E-state index in [1.165, 1.54) is 34.6 Å². The van der Waals surface area contributed by atoms with E-state index in [0.717, 1.165) is 6.42 Å². The zero-order valence-corrected chi connectivity index (χ0v) is 17.3. The second kappa shape index (κ2) is 9.50. The molecule has 0 radical (unpaired) electrons. The maximum absolute atomic E-state index is 13.2. The number of carbonyl (C=O) groups excluding carboxylic acids is 4. The number of nitrogens with zero attached hydrogens (tertiary/aromatic N) is 5. The van der Waals surface area contributed by atoms with Crippen molar-refractivity contribution in [1.29, 1.82) is 0 Å². The first-order valence-electron chi connectivity index (χ1n) is 10.4. The van der Waals surface area contributed by atoms with Crippen LogP contribution in [0.25, 0.3) is 0 Å². The molecule has 2 atom stereocenters. The van der Waals surface area contributed by atoms with Crippen LogP contribution < -0.4 is 10.6 Å². The monoisotopic (exact) mass is 437 g/mol. The Bertz CT molecular complexity index is 1000. The molecule has 0 aromatic carbocycles. The van der Waals surface area contributed by atoms with E-state index in [1.54, 1.807) is 18.3 Å². The second-order valence-electron chi connectivity index (χ2n) is 7.59. The van der Waals surface area contributed by atoms with E-state index in [2.05, 4.69) is 25.6 Å². The normalized spacial score (nSPS) is 20.9. The van der Waals surface area contributed by atoms with E-state index in [9.17, 15) is 19.2 Å². The molecule has 4 amide bonds. The highest BCUT2D eigenvalue weighted by Gasteiger charge is 2.39. The molecule has 2 aliphatic heterocycles. The largest absolute Gasteiger partial charge is 0.354 e. The molecule has 0 aliphatic carbocycles. The van der Waals surface area contributed by atoms with Gasteiger partial charge >= 0.3 is 0 Å². The fourth-order valence-electron chi connectivity index (χ4n) is 3.84. The molecule has 0 bridgehead atoms. The van der Waals surface area contributed by atoms with Gasteiger partial charge in [-0.05, 0) is 25.0 Å². The van der Waals surface area contributed by atoms with Crippen LogP contribution in [0.2, 0.25) is 0 Å². The number of hydrogen-bond acceptors (Lipinski definition) is 7. The molecule has 0 spiro atoms. The van der Waals surface area contributed by atoms with E-state index >= 15 is 0 Å². The molecule has 166 valence electrons. The molecule has 2 N–H and O–H groups in total. The lowest BCUT2D eigenvalue weighted by atomic mass is 10.0. The lowest BCUT2D eigenvalue weighted by Gasteiger charge is -2.41. The third-order valence-corrected chi connectivity index (χ3v) is 5.52. The van der Waals surface area contributed by atoms with Crippen LogP contribution in [0.5, 0.6) is 0 Å². The number of amides is 4. The Balaban J connectivity index is 1.56. The summed E-state index contributed by atoms with van der Waals surface area (Å²) in [6, 6.07) is 1.63. The van der Waals surface area contributed by atoms with E-state index in [-0.39, 0.29) is 43.0 Å². The smallest absolute Gasteiger partial charge is 0.274 e. The van der Waals surface area contributed by atoms with Crippen molar-refractivity contribution < 1.29 is 19.2 Å². The molecule has 2 aromatic heterocycles. The number of hydrogen-bond donors (Lipinski definition) is 2. The fourth-order valence-corrected chi connectivity index (χ4v) is 3.84. The molecular formula is C21H23N7O4. The molecular weight excluding hydrogens is 414 g/mol. The topological polar surface area (TPSA) is 137 Å². The van der Waals surface area contributed by atoms with Crippen LogP contribution in [0.1, 0.15) is 33.7 Å². The standard InChI is InChI=1S/C21H23N7O4/c29-18-15(4-2-6-25-18)26-19(30)17-13-27(21(32)16-12-23-7-8-24-16)9-10-28(17)20(31)14-3-1-5-22-11-14/h1,3,5,7-8,11-12,15,17H,2,4,6,9-10,13H2,(H,25,29)(H,26,30)/t15-,17-/m1/s1. The minimum Gasteiger partial charge on any atom is -0.354 e. The van der Waals surface area contributed by atoms with Gasteiger partial charge in [0, 0.05) is 44.4 Å². The van der Waals surface area contributed by atoms with Gasteiger partial charge in [0.1, 0.15) is 17.8 Å². The van der Waals surface area contributed by atoms with Crippen molar-refractivity contribution in [2.75, 3.05) is 26.2 Å². The van der Waals surface area contributed by atoms with E-state index in [0.29, 0.717) is 18.5 Å². The van der Waals surface area contributed by atoms with Crippen LogP contribution in [0.15, 0.2) is 43.1 Å². The van der Waals surface area contributed by atoms with Crippen LogP contribution in [0, 0.1) is 0 Å². The van der Waals surface area contributed by atoms with Gasteiger partial charge in [-0.3, -0.25) is 29.1 Å². The number of rotatable bonds is 4. The lowest BCUT2D eigenvalue weighted by Crippen LogP contribution is -2.63.